The third-order valence-electron chi connectivity index (χ3n) is 8.50. The summed E-state index contributed by atoms with van der Waals surface area (Å²) in [6.07, 6.45) is -3.69. The maximum absolute atomic E-state index is 13.7. The van der Waals surface area contributed by atoms with E-state index in [4.69, 9.17) is 18.9 Å². The van der Waals surface area contributed by atoms with Crippen molar-refractivity contribution < 1.29 is 48.7 Å². The van der Waals surface area contributed by atoms with Crippen molar-refractivity contribution in [2.24, 2.45) is 0 Å². The Morgan fingerprint density at radius 3 is 1.88 bits per heavy atom. The summed E-state index contributed by atoms with van der Waals surface area (Å²) >= 11 is 0. The first-order valence-corrected chi connectivity index (χ1v) is 16.6. The van der Waals surface area contributed by atoms with Gasteiger partial charge in [0, 0.05) is 19.0 Å². The van der Waals surface area contributed by atoms with Crippen molar-refractivity contribution in [3.63, 3.8) is 0 Å². The fourth-order valence-electron chi connectivity index (χ4n) is 6.05. The first-order valence-electron chi connectivity index (χ1n) is 16.6. The molecule has 1 unspecified atom stereocenters. The fourth-order valence-corrected chi connectivity index (χ4v) is 6.05. The number of aliphatic hydroxyl groups is 2. The molecule has 1 saturated heterocycles. The minimum Gasteiger partial charge on any atom is -0.478 e. The number of carbonyl (C=O) groups excluding carboxylic acids is 2. The van der Waals surface area contributed by atoms with E-state index in [0.717, 1.165) is 11.1 Å². The van der Waals surface area contributed by atoms with E-state index in [1.807, 2.05) is 60.7 Å². The summed E-state index contributed by atoms with van der Waals surface area (Å²) in [5.74, 6) is -2.56. The Bertz CT molecular complexity index is 1730. The van der Waals surface area contributed by atoms with E-state index < -0.39 is 54.7 Å². The van der Waals surface area contributed by atoms with E-state index in [1.54, 1.807) is 24.3 Å². The molecule has 0 spiro atoms. The van der Waals surface area contributed by atoms with Gasteiger partial charge in [0.2, 0.25) is 5.91 Å². The van der Waals surface area contributed by atoms with E-state index in [-0.39, 0.29) is 49.0 Å². The minimum atomic E-state index is -2.35. The van der Waals surface area contributed by atoms with Crippen molar-refractivity contribution in [3.05, 3.63) is 143 Å². The van der Waals surface area contributed by atoms with Gasteiger partial charge in [-0.05, 0) is 22.8 Å². The van der Waals surface area contributed by atoms with Gasteiger partial charge in [0.25, 0.3) is 5.91 Å². The molecule has 1 heterocycles. The molecule has 51 heavy (non-hydrogen) atoms. The van der Waals surface area contributed by atoms with Gasteiger partial charge in [-0.3, -0.25) is 9.59 Å². The van der Waals surface area contributed by atoms with Crippen LogP contribution in [0.25, 0.3) is 0 Å². The Labute approximate surface area is 295 Å². The van der Waals surface area contributed by atoms with Crippen molar-refractivity contribution in [3.8, 4) is 0 Å². The summed E-state index contributed by atoms with van der Waals surface area (Å²) in [5, 5.41) is 37.7. The zero-order valence-corrected chi connectivity index (χ0v) is 28.1. The van der Waals surface area contributed by atoms with Gasteiger partial charge in [0.15, 0.2) is 11.9 Å². The zero-order valence-electron chi connectivity index (χ0n) is 28.1. The zero-order chi connectivity index (χ0) is 36.2. The standard InChI is InChI=1S/C39H42N2O10/c1-26(43)41-33-35(50-25-28-15-7-3-8-16-28)34(49-24-27-13-5-2-6-14-27)32(23-42)51-37(33)48-22-21-40-38(46)39(47,29-17-9-4-10-18-29)31-20-12-11-19-30(31)36(44)45/h2-20,32-35,37,42,47H,21-25H2,1H3,(H,40,46)(H,41,43)(H,44,45)/t32-,33+,34-,35-,37+,39?/m1/s1. The molecule has 0 saturated carbocycles. The number of rotatable bonds is 16. The minimum absolute atomic E-state index is 0.103. The number of nitrogens with one attached hydrogen (secondary N) is 2. The third kappa shape index (κ3) is 9.24. The Hall–Kier alpha value is -4.95. The molecule has 5 N–H and O–H groups in total. The number of aliphatic hydroxyl groups excluding tert-OH is 1. The largest absolute Gasteiger partial charge is 0.478 e. The van der Waals surface area contributed by atoms with Crippen molar-refractivity contribution in [1.29, 1.82) is 0 Å². The molecule has 1 fully saturated rings. The molecule has 0 aliphatic carbocycles. The topological polar surface area (TPSA) is 173 Å². The highest BCUT2D eigenvalue weighted by atomic mass is 16.7. The maximum Gasteiger partial charge on any atom is 0.336 e. The first kappa shape index (κ1) is 37.3. The number of ether oxygens (including phenoxy) is 4. The molecule has 12 heteroatoms. The van der Waals surface area contributed by atoms with Crippen molar-refractivity contribution >= 4 is 17.8 Å². The fraction of sp³-hybridized carbons (Fsp3) is 0.308. The van der Waals surface area contributed by atoms with Crippen LogP contribution in [0.5, 0.6) is 0 Å². The summed E-state index contributed by atoms with van der Waals surface area (Å²) in [6, 6.07) is 31.8. The van der Waals surface area contributed by atoms with E-state index in [1.165, 1.54) is 37.3 Å². The van der Waals surface area contributed by atoms with Crippen LogP contribution in [-0.2, 0) is 47.4 Å². The molecule has 0 radical (unpaired) electrons. The maximum atomic E-state index is 13.7. The second-order valence-electron chi connectivity index (χ2n) is 12.0. The average molecular weight is 699 g/mol. The first-order chi connectivity index (χ1) is 24.7. The van der Waals surface area contributed by atoms with Gasteiger partial charge in [-0.15, -0.1) is 0 Å². The molecule has 268 valence electrons. The Morgan fingerprint density at radius 1 is 0.765 bits per heavy atom. The molecule has 4 aromatic rings. The molecule has 4 aromatic carbocycles. The van der Waals surface area contributed by atoms with Crippen LogP contribution in [0.3, 0.4) is 0 Å². The summed E-state index contributed by atoms with van der Waals surface area (Å²) < 4.78 is 24.9. The number of carbonyl (C=O) groups is 3. The SMILES string of the molecule is CC(=O)N[C@@H]1[C@@H](OCCNC(=O)C(O)(c2ccccc2)c2ccccc2C(=O)O)O[C@H](CO)[C@@H](OCc2ccccc2)[C@@H]1OCc1ccccc1. The lowest BCUT2D eigenvalue weighted by Crippen LogP contribution is -2.66. The number of carboxylic acids is 1. The molecule has 5 rings (SSSR count). The van der Waals surface area contributed by atoms with E-state index in [0.29, 0.717) is 0 Å². The molecule has 1 aliphatic heterocycles. The second kappa shape index (κ2) is 17.8. The lowest BCUT2D eigenvalue weighted by atomic mass is 9.82. The van der Waals surface area contributed by atoms with Gasteiger partial charge in [-0.25, -0.2) is 4.79 Å². The number of hydrogen-bond acceptors (Lipinski definition) is 9. The molecule has 2 amide bonds. The second-order valence-corrected chi connectivity index (χ2v) is 12.0. The lowest BCUT2D eigenvalue weighted by Gasteiger charge is -2.45. The lowest BCUT2D eigenvalue weighted by molar-refractivity contribution is -0.287. The van der Waals surface area contributed by atoms with E-state index in [9.17, 15) is 29.7 Å². The monoisotopic (exact) mass is 698 g/mol. The highest BCUT2D eigenvalue weighted by Crippen LogP contribution is 2.33. The van der Waals surface area contributed by atoms with Gasteiger partial charge >= 0.3 is 5.97 Å². The van der Waals surface area contributed by atoms with Crippen LogP contribution >= 0.6 is 0 Å². The number of carboxylic acid groups (broad SMARTS) is 1. The quantitative estimate of drug-likeness (QED) is 0.110. The van der Waals surface area contributed by atoms with Crippen molar-refractivity contribution in [2.45, 2.75) is 56.4 Å². The van der Waals surface area contributed by atoms with Crippen molar-refractivity contribution in [1.82, 2.24) is 10.6 Å². The van der Waals surface area contributed by atoms with Crippen LogP contribution in [0.1, 0.15) is 39.5 Å². The van der Waals surface area contributed by atoms with Crippen LogP contribution < -0.4 is 10.6 Å². The summed E-state index contributed by atoms with van der Waals surface area (Å²) in [4.78, 5) is 38.3. The number of benzene rings is 4. The predicted molar refractivity (Wildman–Crippen MR) is 185 cm³/mol. The van der Waals surface area contributed by atoms with Crippen LogP contribution in [-0.4, -0.2) is 83.5 Å². The smallest absolute Gasteiger partial charge is 0.336 e. The van der Waals surface area contributed by atoms with E-state index in [2.05, 4.69) is 10.6 Å². The normalized spacial score (nSPS) is 21.3. The van der Waals surface area contributed by atoms with Crippen LogP contribution in [0.15, 0.2) is 115 Å². The molecule has 6 atom stereocenters. The molecular weight excluding hydrogens is 656 g/mol. The highest BCUT2D eigenvalue weighted by Gasteiger charge is 2.48. The molecule has 12 nitrogen and oxygen atoms in total. The van der Waals surface area contributed by atoms with Crippen molar-refractivity contribution in [2.75, 3.05) is 19.8 Å². The average Bonchev–Trinajstić information content (AvgIpc) is 3.16. The van der Waals surface area contributed by atoms with Crippen LogP contribution in [0.4, 0.5) is 0 Å². The molecule has 1 aliphatic rings. The highest BCUT2D eigenvalue weighted by molar-refractivity contribution is 5.96. The number of hydrogen-bond donors (Lipinski definition) is 5. The molecular formula is C39H42N2O10. The predicted octanol–water partition coefficient (Wildman–Crippen LogP) is 3.15. The molecule has 0 aromatic heterocycles. The van der Waals surface area contributed by atoms with Crippen LogP contribution in [0, 0.1) is 0 Å². The summed E-state index contributed by atoms with van der Waals surface area (Å²) in [6.45, 7) is 0.976. The third-order valence-corrected chi connectivity index (χ3v) is 8.50. The van der Waals surface area contributed by atoms with E-state index >= 15 is 0 Å². The number of amides is 2. The van der Waals surface area contributed by atoms with Gasteiger partial charge in [0.1, 0.15) is 24.4 Å². The van der Waals surface area contributed by atoms with Gasteiger partial charge in [0.05, 0.1) is 32.0 Å². The Balaban J connectivity index is 1.34. The Morgan fingerprint density at radius 2 is 1.31 bits per heavy atom. The molecule has 0 bridgehead atoms. The van der Waals surface area contributed by atoms with Gasteiger partial charge in [-0.2, -0.15) is 0 Å². The Kier molecular flexibility index (Phi) is 13.0. The number of aromatic carboxylic acids is 1. The van der Waals surface area contributed by atoms with Crippen LogP contribution in [0.2, 0.25) is 0 Å². The summed E-state index contributed by atoms with van der Waals surface area (Å²) in [5.41, 5.74) is -0.744. The van der Waals surface area contributed by atoms with Gasteiger partial charge < -0.3 is 44.9 Å². The summed E-state index contributed by atoms with van der Waals surface area (Å²) in [7, 11) is 0. The van der Waals surface area contributed by atoms with Gasteiger partial charge in [-0.1, -0.05) is 109 Å².